The Hall–Kier alpha value is -1.31. The van der Waals surface area contributed by atoms with Crippen LogP contribution in [0.5, 0.6) is 0 Å². The molecule has 0 saturated heterocycles. The van der Waals surface area contributed by atoms with Crippen molar-refractivity contribution in [3.8, 4) is 0 Å². The van der Waals surface area contributed by atoms with Gasteiger partial charge in [-0.15, -0.1) is 0 Å². The maximum Gasteiger partial charge on any atom is 0.0972 e. The summed E-state index contributed by atoms with van der Waals surface area (Å²) in [6, 6.07) is 8.22. The normalized spacial score (nSPS) is 11.4. The molecule has 0 fully saturated rings. The molecule has 2 nitrogen and oxygen atoms in total. The van der Waals surface area contributed by atoms with E-state index < -0.39 is 0 Å². The quantitative estimate of drug-likeness (QED) is 0.498. The van der Waals surface area contributed by atoms with Gasteiger partial charge in [0.1, 0.15) is 0 Å². The first-order chi connectivity index (χ1) is 5.72. The fourth-order valence-corrected chi connectivity index (χ4v) is 0.988. The van der Waals surface area contributed by atoms with Crippen LogP contribution in [-0.4, -0.2) is 12.9 Å². The standard InChI is InChI=1S/C10H14N2/c1-8-5-4-6-10(7-8)12-9(2)11-3/h4-7H,1-3H3,(H,11,12). The number of rotatable bonds is 1. The van der Waals surface area contributed by atoms with E-state index in [1.54, 1.807) is 7.05 Å². The smallest absolute Gasteiger partial charge is 0.0972 e. The molecule has 0 aliphatic rings. The van der Waals surface area contributed by atoms with E-state index in [-0.39, 0.29) is 0 Å². The summed E-state index contributed by atoms with van der Waals surface area (Å²) in [6.07, 6.45) is 0. The van der Waals surface area contributed by atoms with Crippen LogP contribution in [0.2, 0.25) is 0 Å². The summed E-state index contributed by atoms with van der Waals surface area (Å²) in [5.74, 6) is 0.931. The molecule has 1 aromatic carbocycles. The molecule has 0 radical (unpaired) electrons. The average Bonchev–Trinajstić information content (AvgIpc) is 2.04. The van der Waals surface area contributed by atoms with Crippen LogP contribution in [0, 0.1) is 6.92 Å². The van der Waals surface area contributed by atoms with Gasteiger partial charge in [-0.1, -0.05) is 12.1 Å². The zero-order valence-corrected chi connectivity index (χ0v) is 7.76. The zero-order valence-electron chi connectivity index (χ0n) is 7.76. The third kappa shape index (κ3) is 2.38. The Morgan fingerprint density at radius 2 is 2.17 bits per heavy atom. The van der Waals surface area contributed by atoms with Crippen LogP contribution in [0.3, 0.4) is 0 Å². The van der Waals surface area contributed by atoms with Crippen molar-refractivity contribution >= 4 is 11.5 Å². The van der Waals surface area contributed by atoms with E-state index in [4.69, 9.17) is 0 Å². The lowest BCUT2D eigenvalue weighted by atomic mass is 10.2. The second-order valence-electron chi connectivity index (χ2n) is 2.80. The number of hydrogen-bond acceptors (Lipinski definition) is 1. The predicted octanol–water partition coefficient (Wildman–Crippen LogP) is 2.46. The molecule has 0 aliphatic heterocycles. The van der Waals surface area contributed by atoms with Gasteiger partial charge in [-0.05, 0) is 31.5 Å². The summed E-state index contributed by atoms with van der Waals surface area (Å²) in [4.78, 5) is 4.02. The first-order valence-corrected chi connectivity index (χ1v) is 3.99. The summed E-state index contributed by atoms with van der Waals surface area (Å²) in [5.41, 5.74) is 2.35. The second-order valence-corrected chi connectivity index (χ2v) is 2.80. The molecule has 0 heterocycles. The van der Waals surface area contributed by atoms with Gasteiger partial charge >= 0.3 is 0 Å². The molecule has 12 heavy (non-hydrogen) atoms. The van der Waals surface area contributed by atoms with Gasteiger partial charge in [0.15, 0.2) is 0 Å². The van der Waals surface area contributed by atoms with Crippen molar-refractivity contribution < 1.29 is 0 Å². The van der Waals surface area contributed by atoms with Crippen molar-refractivity contribution in [1.29, 1.82) is 0 Å². The lowest BCUT2D eigenvalue weighted by molar-refractivity contribution is 1.39. The molecule has 1 rings (SSSR count). The van der Waals surface area contributed by atoms with Crippen molar-refractivity contribution in [2.45, 2.75) is 13.8 Å². The lowest BCUT2D eigenvalue weighted by Crippen LogP contribution is -2.06. The van der Waals surface area contributed by atoms with Gasteiger partial charge in [-0.3, -0.25) is 4.99 Å². The van der Waals surface area contributed by atoms with E-state index in [1.807, 2.05) is 19.1 Å². The minimum atomic E-state index is 0.931. The maximum atomic E-state index is 4.02. The maximum absolute atomic E-state index is 4.02. The lowest BCUT2D eigenvalue weighted by Gasteiger charge is -2.04. The Balaban J connectivity index is 2.76. The summed E-state index contributed by atoms with van der Waals surface area (Å²) in [5, 5.41) is 3.18. The van der Waals surface area contributed by atoms with Crippen LogP contribution in [0.4, 0.5) is 5.69 Å². The topological polar surface area (TPSA) is 24.4 Å². The fraction of sp³-hybridized carbons (Fsp3) is 0.300. The molecule has 0 aromatic heterocycles. The third-order valence-electron chi connectivity index (χ3n) is 1.68. The van der Waals surface area contributed by atoms with Crippen LogP contribution >= 0.6 is 0 Å². The van der Waals surface area contributed by atoms with Crippen LogP contribution < -0.4 is 5.32 Å². The highest BCUT2D eigenvalue weighted by Crippen LogP contribution is 2.08. The highest BCUT2D eigenvalue weighted by Gasteiger charge is 1.91. The summed E-state index contributed by atoms with van der Waals surface area (Å²) in [7, 11) is 1.78. The molecule has 0 spiro atoms. The van der Waals surface area contributed by atoms with E-state index in [1.165, 1.54) is 5.56 Å². The highest BCUT2D eigenvalue weighted by atomic mass is 15.0. The van der Waals surface area contributed by atoms with Gasteiger partial charge in [0.25, 0.3) is 0 Å². The largest absolute Gasteiger partial charge is 0.344 e. The minimum Gasteiger partial charge on any atom is -0.344 e. The van der Waals surface area contributed by atoms with Crippen LogP contribution in [0.1, 0.15) is 12.5 Å². The number of aryl methyl sites for hydroxylation is 1. The first kappa shape index (κ1) is 8.78. The van der Waals surface area contributed by atoms with Gasteiger partial charge in [0, 0.05) is 12.7 Å². The summed E-state index contributed by atoms with van der Waals surface area (Å²) >= 11 is 0. The molecule has 0 amide bonds. The predicted molar refractivity (Wildman–Crippen MR) is 53.8 cm³/mol. The van der Waals surface area contributed by atoms with Crippen molar-refractivity contribution in [1.82, 2.24) is 0 Å². The molecule has 0 unspecified atom stereocenters. The molecular weight excluding hydrogens is 148 g/mol. The van der Waals surface area contributed by atoms with Gasteiger partial charge < -0.3 is 5.32 Å². The van der Waals surface area contributed by atoms with E-state index in [0.717, 1.165) is 11.5 Å². The third-order valence-corrected chi connectivity index (χ3v) is 1.68. The number of benzene rings is 1. The average molecular weight is 162 g/mol. The second kappa shape index (κ2) is 3.90. The van der Waals surface area contributed by atoms with E-state index in [2.05, 4.69) is 29.4 Å². The summed E-state index contributed by atoms with van der Waals surface area (Å²) < 4.78 is 0. The SMILES string of the molecule is CN=C(C)Nc1cccc(C)c1. The molecule has 0 bridgehead atoms. The van der Waals surface area contributed by atoms with Crippen molar-refractivity contribution in [3.05, 3.63) is 29.8 Å². The molecule has 64 valence electrons. The summed E-state index contributed by atoms with van der Waals surface area (Å²) in [6.45, 7) is 4.02. The molecule has 1 N–H and O–H groups in total. The van der Waals surface area contributed by atoms with Crippen LogP contribution in [0.25, 0.3) is 0 Å². The van der Waals surface area contributed by atoms with Gasteiger partial charge in [0.2, 0.25) is 0 Å². The monoisotopic (exact) mass is 162 g/mol. The number of hydrogen-bond donors (Lipinski definition) is 1. The van der Waals surface area contributed by atoms with Crippen molar-refractivity contribution in [2.24, 2.45) is 4.99 Å². The number of amidine groups is 1. The number of nitrogens with zero attached hydrogens (tertiary/aromatic N) is 1. The molecular formula is C10H14N2. The van der Waals surface area contributed by atoms with Crippen LogP contribution in [-0.2, 0) is 0 Å². The number of anilines is 1. The molecule has 2 heteroatoms. The van der Waals surface area contributed by atoms with Gasteiger partial charge in [-0.25, -0.2) is 0 Å². The zero-order chi connectivity index (χ0) is 8.97. The molecule has 0 saturated carbocycles. The first-order valence-electron chi connectivity index (χ1n) is 3.99. The van der Waals surface area contributed by atoms with E-state index >= 15 is 0 Å². The van der Waals surface area contributed by atoms with Crippen molar-refractivity contribution in [3.63, 3.8) is 0 Å². The van der Waals surface area contributed by atoms with Gasteiger partial charge in [0.05, 0.1) is 5.84 Å². The van der Waals surface area contributed by atoms with Crippen molar-refractivity contribution in [2.75, 3.05) is 12.4 Å². The van der Waals surface area contributed by atoms with Gasteiger partial charge in [-0.2, -0.15) is 0 Å². The Morgan fingerprint density at radius 1 is 1.42 bits per heavy atom. The Morgan fingerprint density at radius 3 is 2.75 bits per heavy atom. The molecule has 1 aromatic rings. The van der Waals surface area contributed by atoms with Crippen LogP contribution in [0.15, 0.2) is 29.3 Å². The fourth-order valence-electron chi connectivity index (χ4n) is 0.988. The number of aliphatic imine (C=N–C) groups is 1. The molecule has 0 atom stereocenters. The Kier molecular flexibility index (Phi) is 2.86. The van der Waals surface area contributed by atoms with E-state index in [0.29, 0.717) is 0 Å². The Bertz CT molecular complexity index is 290. The number of nitrogens with one attached hydrogen (secondary N) is 1. The highest BCUT2D eigenvalue weighted by molar-refractivity contribution is 5.93. The Labute approximate surface area is 73.3 Å². The molecule has 0 aliphatic carbocycles. The minimum absolute atomic E-state index is 0.931. The van der Waals surface area contributed by atoms with E-state index in [9.17, 15) is 0 Å².